The quantitative estimate of drug-likeness (QED) is 0.238. The van der Waals surface area contributed by atoms with Crippen LogP contribution in [0.1, 0.15) is 24.3 Å². The molecule has 0 radical (unpaired) electrons. The lowest BCUT2D eigenvalue weighted by molar-refractivity contribution is 0.102. The van der Waals surface area contributed by atoms with Crippen molar-refractivity contribution in [2.75, 3.05) is 36.8 Å². The summed E-state index contributed by atoms with van der Waals surface area (Å²) in [6, 6.07) is 22.8. The highest BCUT2D eigenvalue weighted by atomic mass is 32.1. The van der Waals surface area contributed by atoms with E-state index >= 15 is 0 Å². The standard InChI is InChI=1S/C29H29N7OS/c1-3-36(4-2)18-17-30-25-19-24(32-26(35-25)20-11-6-5-7-12-20)27(37)33-22-14-9-8-13-21(22)28-34-23-15-10-16-31-29(23)38-28/h5-16,19H,3-4,17-18H2,1-2H3,(H,33,37)(H,30,32,35). The molecule has 0 aliphatic heterocycles. The number of nitrogens with zero attached hydrogens (tertiary/aromatic N) is 5. The van der Waals surface area contributed by atoms with E-state index < -0.39 is 0 Å². The molecule has 3 heterocycles. The van der Waals surface area contributed by atoms with Gasteiger partial charge in [0.25, 0.3) is 5.91 Å². The van der Waals surface area contributed by atoms with Gasteiger partial charge in [0.1, 0.15) is 26.9 Å². The van der Waals surface area contributed by atoms with Crippen molar-refractivity contribution in [3.8, 4) is 22.0 Å². The van der Waals surface area contributed by atoms with Crippen molar-refractivity contribution in [2.45, 2.75) is 13.8 Å². The van der Waals surface area contributed by atoms with E-state index in [-0.39, 0.29) is 11.6 Å². The Labute approximate surface area is 225 Å². The van der Waals surface area contributed by atoms with Crippen molar-refractivity contribution in [1.82, 2.24) is 24.8 Å². The van der Waals surface area contributed by atoms with Gasteiger partial charge in [-0.15, -0.1) is 0 Å². The van der Waals surface area contributed by atoms with Crippen LogP contribution in [0, 0.1) is 0 Å². The fourth-order valence-corrected chi connectivity index (χ4v) is 5.05. The van der Waals surface area contributed by atoms with Crippen LogP contribution in [0.4, 0.5) is 11.5 Å². The maximum absolute atomic E-state index is 13.5. The number of benzene rings is 2. The minimum absolute atomic E-state index is 0.282. The summed E-state index contributed by atoms with van der Waals surface area (Å²) in [4.78, 5) is 35.1. The van der Waals surface area contributed by atoms with E-state index in [9.17, 15) is 4.79 Å². The third-order valence-electron chi connectivity index (χ3n) is 6.19. The molecule has 3 aromatic heterocycles. The van der Waals surface area contributed by atoms with Gasteiger partial charge in [-0.3, -0.25) is 4.79 Å². The summed E-state index contributed by atoms with van der Waals surface area (Å²) in [7, 11) is 0. The SMILES string of the molecule is CCN(CC)CCNc1cc(C(=O)Nc2ccccc2-c2nc3cccnc3s2)nc(-c2ccccc2)n1. The fraction of sp³-hybridized carbons (Fsp3) is 0.207. The van der Waals surface area contributed by atoms with Gasteiger partial charge in [-0.05, 0) is 37.4 Å². The normalized spacial score (nSPS) is 11.1. The molecule has 0 unspecified atom stereocenters. The van der Waals surface area contributed by atoms with E-state index in [0.717, 1.165) is 46.1 Å². The van der Waals surface area contributed by atoms with Gasteiger partial charge in [0.2, 0.25) is 0 Å². The van der Waals surface area contributed by atoms with Gasteiger partial charge in [-0.25, -0.2) is 19.9 Å². The van der Waals surface area contributed by atoms with Crippen LogP contribution < -0.4 is 10.6 Å². The Morgan fingerprint density at radius 1 is 0.921 bits per heavy atom. The van der Waals surface area contributed by atoms with Crippen LogP contribution in [-0.2, 0) is 0 Å². The first-order chi connectivity index (χ1) is 18.6. The minimum atomic E-state index is -0.317. The predicted octanol–water partition coefficient (Wildman–Crippen LogP) is 5.82. The van der Waals surface area contributed by atoms with Gasteiger partial charge in [0.15, 0.2) is 5.82 Å². The number of aromatic nitrogens is 4. The number of anilines is 2. The Bertz CT molecular complexity index is 1500. The third kappa shape index (κ3) is 5.85. The summed E-state index contributed by atoms with van der Waals surface area (Å²) in [6.07, 6.45) is 1.76. The summed E-state index contributed by atoms with van der Waals surface area (Å²) in [6.45, 7) is 7.84. The van der Waals surface area contributed by atoms with E-state index in [1.54, 1.807) is 12.3 Å². The van der Waals surface area contributed by atoms with Gasteiger partial charge >= 0.3 is 0 Å². The second-order valence-electron chi connectivity index (χ2n) is 8.63. The Morgan fingerprint density at radius 3 is 2.50 bits per heavy atom. The predicted molar refractivity (Wildman–Crippen MR) is 155 cm³/mol. The van der Waals surface area contributed by atoms with E-state index in [4.69, 9.17) is 9.97 Å². The number of hydrogen-bond acceptors (Lipinski definition) is 8. The molecule has 1 amide bonds. The van der Waals surface area contributed by atoms with E-state index in [2.05, 4.69) is 39.3 Å². The molecule has 0 bridgehead atoms. The molecule has 8 nitrogen and oxygen atoms in total. The van der Waals surface area contributed by atoms with Crippen LogP contribution in [0.15, 0.2) is 79.0 Å². The second kappa shape index (κ2) is 11.9. The summed E-state index contributed by atoms with van der Waals surface area (Å²) < 4.78 is 0. The van der Waals surface area contributed by atoms with Crippen LogP contribution >= 0.6 is 11.3 Å². The van der Waals surface area contributed by atoms with Crippen LogP contribution in [0.3, 0.4) is 0 Å². The van der Waals surface area contributed by atoms with Gasteiger partial charge in [0, 0.05) is 36.5 Å². The summed E-state index contributed by atoms with van der Waals surface area (Å²) in [5.74, 6) is 0.791. The highest BCUT2D eigenvalue weighted by Gasteiger charge is 2.17. The van der Waals surface area contributed by atoms with Crippen LogP contribution in [0.25, 0.3) is 32.3 Å². The van der Waals surface area contributed by atoms with E-state index in [1.165, 1.54) is 11.3 Å². The largest absolute Gasteiger partial charge is 0.369 e. The van der Waals surface area contributed by atoms with E-state index in [0.29, 0.717) is 23.9 Å². The Balaban J connectivity index is 1.43. The monoisotopic (exact) mass is 523 g/mol. The first kappa shape index (κ1) is 25.4. The molecule has 0 atom stereocenters. The number of thiazole rings is 1. The van der Waals surface area contributed by atoms with Crippen LogP contribution in [0.5, 0.6) is 0 Å². The lowest BCUT2D eigenvalue weighted by Gasteiger charge is -2.18. The van der Waals surface area contributed by atoms with Crippen molar-refractivity contribution in [2.24, 2.45) is 0 Å². The summed E-state index contributed by atoms with van der Waals surface area (Å²) in [5.41, 5.74) is 3.45. The third-order valence-corrected chi connectivity index (χ3v) is 7.20. The smallest absolute Gasteiger partial charge is 0.274 e. The van der Waals surface area contributed by atoms with Gasteiger partial charge in [0.05, 0.1) is 5.69 Å². The Kier molecular flexibility index (Phi) is 7.96. The van der Waals surface area contributed by atoms with Crippen LogP contribution in [0.2, 0.25) is 0 Å². The van der Waals surface area contributed by atoms with Crippen molar-refractivity contribution in [3.63, 3.8) is 0 Å². The zero-order valence-corrected chi connectivity index (χ0v) is 22.2. The molecule has 5 rings (SSSR count). The maximum atomic E-state index is 13.5. The minimum Gasteiger partial charge on any atom is -0.369 e. The molecule has 2 N–H and O–H groups in total. The molecular weight excluding hydrogens is 494 g/mol. The molecule has 2 aromatic carbocycles. The van der Waals surface area contributed by atoms with Gasteiger partial charge in [-0.2, -0.15) is 0 Å². The molecule has 0 aliphatic rings. The van der Waals surface area contributed by atoms with Crippen molar-refractivity contribution in [1.29, 1.82) is 0 Å². The number of amides is 1. The molecule has 0 spiro atoms. The topological polar surface area (TPSA) is 95.9 Å². The van der Waals surface area contributed by atoms with E-state index in [1.807, 2.05) is 66.7 Å². The molecule has 192 valence electrons. The van der Waals surface area contributed by atoms with Crippen molar-refractivity contribution in [3.05, 3.63) is 84.7 Å². The lowest BCUT2D eigenvalue weighted by Crippen LogP contribution is -2.29. The number of carbonyl (C=O) groups excluding carboxylic acids is 1. The number of likely N-dealkylation sites (N-methyl/N-ethyl adjacent to an activating group) is 1. The average Bonchev–Trinajstić information content (AvgIpc) is 3.40. The molecule has 0 saturated carbocycles. The molecule has 0 aliphatic carbocycles. The first-order valence-electron chi connectivity index (χ1n) is 12.7. The number of nitrogens with one attached hydrogen (secondary N) is 2. The molecule has 38 heavy (non-hydrogen) atoms. The Morgan fingerprint density at radius 2 is 1.71 bits per heavy atom. The number of pyridine rings is 1. The molecule has 0 fully saturated rings. The first-order valence-corrected chi connectivity index (χ1v) is 13.5. The summed E-state index contributed by atoms with van der Waals surface area (Å²) >= 11 is 1.49. The van der Waals surface area contributed by atoms with Crippen molar-refractivity contribution < 1.29 is 4.79 Å². The molecule has 5 aromatic rings. The number of rotatable bonds is 10. The molecule has 9 heteroatoms. The lowest BCUT2D eigenvalue weighted by atomic mass is 10.1. The number of hydrogen-bond donors (Lipinski definition) is 2. The van der Waals surface area contributed by atoms with Gasteiger partial charge in [-0.1, -0.05) is 67.6 Å². The Hall–Kier alpha value is -4.21. The number of para-hydroxylation sites is 1. The highest BCUT2D eigenvalue weighted by molar-refractivity contribution is 7.21. The second-order valence-corrected chi connectivity index (χ2v) is 9.61. The van der Waals surface area contributed by atoms with Crippen molar-refractivity contribution >= 4 is 39.1 Å². The number of carbonyl (C=O) groups is 1. The zero-order valence-electron chi connectivity index (χ0n) is 21.4. The average molecular weight is 524 g/mol. The van der Waals surface area contributed by atoms with Gasteiger partial charge < -0.3 is 15.5 Å². The number of fused-ring (bicyclic) bond motifs is 1. The molecule has 0 saturated heterocycles. The molecular formula is C29H29N7OS. The highest BCUT2D eigenvalue weighted by Crippen LogP contribution is 2.33. The summed E-state index contributed by atoms with van der Waals surface area (Å²) in [5, 5.41) is 7.22. The zero-order chi connectivity index (χ0) is 26.3. The fourth-order valence-electron chi connectivity index (χ4n) is 4.10. The maximum Gasteiger partial charge on any atom is 0.274 e. The van der Waals surface area contributed by atoms with Crippen LogP contribution in [-0.4, -0.2) is 56.9 Å².